The average Bonchev–Trinajstić information content (AvgIpc) is 3.58. The third kappa shape index (κ3) is 4.48. The lowest BCUT2D eigenvalue weighted by atomic mass is 10.1. The Bertz CT molecular complexity index is 1430. The quantitative estimate of drug-likeness (QED) is 0.448. The molecule has 2 fully saturated rings. The molecule has 1 atom stereocenters. The molecule has 10 heteroatoms. The Morgan fingerprint density at radius 3 is 2.51 bits per heavy atom. The molecule has 0 aliphatic carbocycles. The van der Waals surface area contributed by atoms with Gasteiger partial charge in [0.05, 0.1) is 17.6 Å². The van der Waals surface area contributed by atoms with Crippen LogP contribution in [0.15, 0.2) is 54.6 Å². The van der Waals surface area contributed by atoms with Crippen LogP contribution in [0.1, 0.15) is 18.4 Å². The van der Waals surface area contributed by atoms with E-state index in [4.69, 9.17) is 20.4 Å². The number of benzene rings is 2. The zero-order chi connectivity index (χ0) is 25.4. The molecule has 4 heterocycles. The Kier molecular flexibility index (Phi) is 6.17. The Labute approximate surface area is 213 Å². The summed E-state index contributed by atoms with van der Waals surface area (Å²) in [5.41, 5.74) is 8.74. The number of nitrogen functional groups attached to an aromatic ring is 1. The van der Waals surface area contributed by atoms with Gasteiger partial charge in [-0.25, -0.2) is 14.1 Å². The van der Waals surface area contributed by atoms with Gasteiger partial charge in [0.2, 0.25) is 5.95 Å². The molecule has 0 radical (unpaired) electrons. The molecule has 2 aromatic heterocycles. The number of nitrogens with zero attached hydrogens (tertiary/aromatic N) is 6. The minimum atomic E-state index is -0.393. The number of aromatic nitrogens is 4. The summed E-state index contributed by atoms with van der Waals surface area (Å²) in [7, 11) is 0. The maximum absolute atomic E-state index is 15.0. The Hall–Kier alpha value is -4.05. The molecule has 2 N–H and O–H groups in total. The Morgan fingerprint density at radius 1 is 1.03 bits per heavy atom. The minimum Gasteiger partial charge on any atom is -0.383 e. The van der Waals surface area contributed by atoms with Crippen LogP contribution in [0.25, 0.3) is 22.3 Å². The van der Waals surface area contributed by atoms with Crippen LogP contribution < -0.4 is 10.6 Å². The molecule has 2 saturated heterocycles. The van der Waals surface area contributed by atoms with Crippen LogP contribution in [0.5, 0.6) is 0 Å². The van der Waals surface area contributed by atoms with Gasteiger partial charge in [0.25, 0.3) is 5.91 Å². The van der Waals surface area contributed by atoms with E-state index in [2.05, 4.69) is 5.10 Å². The van der Waals surface area contributed by atoms with Crippen LogP contribution in [0.2, 0.25) is 0 Å². The molecule has 9 nitrogen and oxygen atoms in total. The molecule has 190 valence electrons. The molecule has 2 aliphatic rings. The van der Waals surface area contributed by atoms with Gasteiger partial charge in [0.15, 0.2) is 5.65 Å². The van der Waals surface area contributed by atoms with E-state index in [1.54, 1.807) is 22.9 Å². The summed E-state index contributed by atoms with van der Waals surface area (Å²) in [6.45, 7) is 3.30. The second-order valence-electron chi connectivity index (χ2n) is 9.39. The lowest BCUT2D eigenvalue weighted by Gasteiger charge is -2.35. The van der Waals surface area contributed by atoms with Crippen LogP contribution >= 0.6 is 0 Å². The first kappa shape index (κ1) is 23.4. The van der Waals surface area contributed by atoms with E-state index in [9.17, 15) is 9.18 Å². The molecule has 4 aromatic rings. The molecule has 2 aromatic carbocycles. The highest BCUT2D eigenvalue weighted by atomic mass is 19.1. The molecule has 2 aliphatic heterocycles. The molecule has 0 bridgehead atoms. The van der Waals surface area contributed by atoms with E-state index in [1.165, 1.54) is 6.07 Å². The summed E-state index contributed by atoms with van der Waals surface area (Å²) >= 11 is 0. The predicted molar refractivity (Wildman–Crippen MR) is 138 cm³/mol. The summed E-state index contributed by atoms with van der Waals surface area (Å²) in [5, 5.41) is 5.21. The van der Waals surface area contributed by atoms with Crippen molar-refractivity contribution in [1.29, 1.82) is 0 Å². The Morgan fingerprint density at radius 2 is 1.78 bits per heavy atom. The van der Waals surface area contributed by atoms with E-state index in [-0.39, 0.29) is 12.0 Å². The van der Waals surface area contributed by atoms with Crippen molar-refractivity contribution in [1.82, 2.24) is 24.6 Å². The van der Waals surface area contributed by atoms with Crippen LogP contribution in [0, 0.1) is 5.82 Å². The number of carbonyl (C=O) groups is 1. The van der Waals surface area contributed by atoms with Gasteiger partial charge in [-0.1, -0.05) is 42.5 Å². The number of piperazine rings is 1. The van der Waals surface area contributed by atoms with Gasteiger partial charge >= 0.3 is 0 Å². The molecule has 1 unspecified atom stereocenters. The molecule has 37 heavy (non-hydrogen) atoms. The Balaban J connectivity index is 1.35. The second kappa shape index (κ2) is 9.78. The zero-order valence-corrected chi connectivity index (χ0v) is 20.4. The number of carbonyl (C=O) groups excluding carboxylic acids is 1. The van der Waals surface area contributed by atoms with Crippen LogP contribution in [-0.2, 0) is 16.1 Å². The van der Waals surface area contributed by atoms with Gasteiger partial charge in [0, 0.05) is 38.3 Å². The standard InChI is InChI=1S/C27H28FN7O2/c28-20-10-5-4-9-19(20)23-22-24(29)35(17-18-7-2-1-3-8-18)32-25(22)31-27(30-23)34-14-12-33(13-15-34)26(36)21-11-6-16-37-21/h1-5,7-10,21H,6,11-17,29H2. The number of hydrogen-bond donors (Lipinski definition) is 1. The maximum Gasteiger partial charge on any atom is 0.251 e. The van der Waals surface area contributed by atoms with Crippen LogP contribution in [-0.4, -0.2) is 69.4 Å². The lowest BCUT2D eigenvalue weighted by Crippen LogP contribution is -2.51. The lowest BCUT2D eigenvalue weighted by molar-refractivity contribution is -0.141. The third-order valence-corrected chi connectivity index (χ3v) is 7.01. The molecule has 0 saturated carbocycles. The highest BCUT2D eigenvalue weighted by molar-refractivity contribution is 5.99. The van der Waals surface area contributed by atoms with Gasteiger partial charge < -0.3 is 20.3 Å². The number of nitrogens with two attached hydrogens (primary N) is 1. The van der Waals surface area contributed by atoms with Crippen molar-refractivity contribution < 1.29 is 13.9 Å². The predicted octanol–water partition coefficient (Wildman–Crippen LogP) is 3.09. The topological polar surface area (TPSA) is 102 Å². The van der Waals surface area contributed by atoms with Gasteiger partial charge in [-0.15, -0.1) is 5.10 Å². The fourth-order valence-electron chi connectivity index (χ4n) is 5.01. The largest absolute Gasteiger partial charge is 0.383 e. The fraction of sp³-hybridized carbons (Fsp3) is 0.333. The number of halogens is 1. The van der Waals surface area contributed by atoms with Crippen molar-refractivity contribution in [3.63, 3.8) is 0 Å². The highest BCUT2D eigenvalue weighted by Crippen LogP contribution is 2.34. The van der Waals surface area contributed by atoms with Crippen LogP contribution in [0.4, 0.5) is 16.2 Å². The molecule has 1 amide bonds. The van der Waals surface area contributed by atoms with Crippen molar-refractivity contribution in [2.45, 2.75) is 25.5 Å². The molecular weight excluding hydrogens is 473 g/mol. The monoisotopic (exact) mass is 501 g/mol. The van der Waals surface area contributed by atoms with Gasteiger partial charge in [0.1, 0.15) is 17.7 Å². The second-order valence-corrected chi connectivity index (χ2v) is 9.39. The normalized spacial score (nSPS) is 18.0. The molecule has 0 spiro atoms. The number of fused-ring (bicyclic) bond motifs is 1. The van der Waals surface area contributed by atoms with Gasteiger partial charge in [-0.3, -0.25) is 4.79 Å². The van der Waals surface area contributed by atoms with Crippen molar-refractivity contribution in [2.24, 2.45) is 0 Å². The first-order chi connectivity index (χ1) is 18.1. The average molecular weight is 502 g/mol. The van der Waals surface area contributed by atoms with E-state index in [0.29, 0.717) is 73.4 Å². The summed E-state index contributed by atoms with van der Waals surface area (Å²) < 4.78 is 22.2. The van der Waals surface area contributed by atoms with E-state index >= 15 is 0 Å². The summed E-state index contributed by atoms with van der Waals surface area (Å²) in [5.74, 6) is 0.485. The van der Waals surface area contributed by atoms with Crippen molar-refractivity contribution in [3.8, 4) is 11.3 Å². The number of amides is 1. The maximum atomic E-state index is 15.0. The summed E-state index contributed by atoms with van der Waals surface area (Å²) in [4.78, 5) is 26.2. The number of anilines is 2. The number of ether oxygens (including phenoxy) is 1. The fourth-order valence-corrected chi connectivity index (χ4v) is 5.01. The van der Waals surface area contributed by atoms with E-state index < -0.39 is 5.82 Å². The van der Waals surface area contributed by atoms with Crippen molar-refractivity contribution in [3.05, 3.63) is 66.0 Å². The van der Waals surface area contributed by atoms with E-state index in [0.717, 1.165) is 18.4 Å². The zero-order valence-electron chi connectivity index (χ0n) is 20.4. The van der Waals surface area contributed by atoms with Crippen molar-refractivity contribution in [2.75, 3.05) is 43.4 Å². The first-order valence-corrected chi connectivity index (χ1v) is 12.6. The number of rotatable bonds is 5. The highest BCUT2D eigenvalue weighted by Gasteiger charge is 2.31. The summed E-state index contributed by atoms with van der Waals surface area (Å²) in [6.07, 6.45) is 1.37. The smallest absolute Gasteiger partial charge is 0.251 e. The molecular formula is C27H28FN7O2. The third-order valence-electron chi connectivity index (χ3n) is 7.01. The summed E-state index contributed by atoms with van der Waals surface area (Å²) in [6, 6.07) is 16.4. The van der Waals surface area contributed by atoms with Crippen molar-refractivity contribution >= 4 is 28.7 Å². The first-order valence-electron chi connectivity index (χ1n) is 12.6. The minimum absolute atomic E-state index is 0.0491. The van der Waals surface area contributed by atoms with Crippen LogP contribution in [0.3, 0.4) is 0 Å². The molecule has 6 rings (SSSR count). The van der Waals surface area contributed by atoms with Gasteiger partial charge in [-0.05, 0) is 30.5 Å². The van der Waals surface area contributed by atoms with Gasteiger partial charge in [-0.2, -0.15) is 4.98 Å². The number of hydrogen-bond acceptors (Lipinski definition) is 7. The van der Waals surface area contributed by atoms with E-state index in [1.807, 2.05) is 40.1 Å². The SMILES string of the molecule is Nc1c2c(-c3ccccc3F)nc(N3CCN(C(=O)C4CCCO4)CC3)nc2nn1Cc1ccccc1.